The number of carboxylic acids is 1. The molecule has 3 aromatic rings. The number of carboxylic acid groups (broad SMARTS) is 1. The summed E-state index contributed by atoms with van der Waals surface area (Å²) in [6, 6.07) is 10.3. The molecule has 2 N–H and O–H groups in total. The third-order valence-electron chi connectivity index (χ3n) is 3.34. The van der Waals surface area contributed by atoms with E-state index in [0.29, 0.717) is 0 Å². The molecule has 0 radical (unpaired) electrons. The molecule has 1 atom stereocenters. The number of carbonyl (C=O) groups is 1. The lowest BCUT2D eigenvalue weighted by Crippen LogP contribution is -2.06. The minimum absolute atomic E-state index is 0.181. The Labute approximate surface area is 117 Å². The number of hydrogen-bond donors (Lipinski definition) is 2. The lowest BCUT2D eigenvalue weighted by molar-refractivity contribution is -0.141. The zero-order valence-electron chi connectivity index (χ0n) is 11.6. The fraction of sp³-hybridized carbons (Fsp3) is 0.250. The molecular weight excluding hydrogens is 252 g/mol. The van der Waals surface area contributed by atoms with Crippen molar-refractivity contribution in [1.29, 1.82) is 0 Å². The molecular formula is C16H18N2O2. The standard InChI is InChI=1S/C11H8N2.C5H10O2/c1-2-4-10-8(3-1)9-5-6-12-7-11(9)13-10;1-3-4(2)5(6)7/h1-7,13H;4H,3H2,1-2H3,(H,6,7). The monoisotopic (exact) mass is 270 g/mol. The summed E-state index contributed by atoms with van der Waals surface area (Å²) in [6.45, 7) is 3.56. The van der Waals surface area contributed by atoms with Crippen LogP contribution in [0.4, 0.5) is 0 Å². The van der Waals surface area contributed by atoms with Crippen LogP contribution in [-0.4, -0.2) is 21.0 Å². The molecule has 104 valence electrons. The van der Waals surface area contributed by atoms with Gasteiger partial charge in [-0.1, -0.05) is 32.0 Å². The van der Waals surface area contributed by atoms with Gasteiger partial charge in [0.15, 0.2) is 0 Å². The Morgan fingerprint density at radius 2 is 1.95 bits per heavy atom. The molecule has 1 aromatic carbocycles. The maximum Gasteiger partial charge on any atom is 0.306 e. The van der Waals surface area contributed by atoms with Gasteiger partial charge in [-0.25, -0.2) is 0 Å². The number of benzene rings is 1. The van der Waals surface area contributed by atoms with Gasteiger partial charge in [0, 0.05) is 22.5 Å². The highest BCUT2D eigenvalue weighted by Gasteiger charge is 2.05. The largest absolute Gasteiger partial charge is 0.481 e. The van der Waals surface area contributed by atoms with E-state index < -0.39 is 5.97 Å². The Morgan fingerprint density at radius 3 is 2.60 bits per heavy atom. The molecule has 20 heavy (non-hydrogen) atoms. The molecule has 0 spiro atoms. The molecule has 0 aliphatic carbocycles. The first kappa shape index (κ1) is 14.1. The molecule has 4 nitrogen and oxygen atoms in total. The average Bonchev–Trinajstić information content (AvgIpc) is 2.85. The minimum atomic E-state index is -0.706. The van der Waals surface area contributed by atoms with Crippen LogP contribution in [0.1, 0.15) is 20.3 Å². The number of nitrogens with zero attached hydrogens (tertiary/aromatic N) is 1. The predicted molar refractivity (Wildman–Crippen MR) is 80.7 cm³/mol. The molecule has 0 aliphatic rings. The van der Waals surface area contributed by atoms with Gasteiger partial charge < -0.3 is 10.1 Å². The van der Waals surface area contributed by atoms with E-state index in [0.717, 1.165) is 11.9 Å². The van der Waals surface area contributed by atoms with Crippen molar-refractivity contribution in [2.75, 3.05) is 0 Å². The summed E-state index contributed by atoms with van der Waals surface area (Å²) >= 11 is 0. The second-order valence-corrected chi connectivity index (χ2v) is 4.74. The van der Waals surface area contributed by atoms with Gasteiger partial charge in [0.05, 0.1) is 17.6 Å². The molecule has 2 aromatic heterocycles. The summed E-state index contributed by atoms with van der Waals surface area (Å²) in [4.78, 5) is 17.3. The quantitative estimate of drug-likeness (QED) is 0.743. The summed E-state index contributed by atoms with van der Waals surface area (Å²) in [6.07, 6.45) is 4.40. The number of hydrogen-bond acceptors (Lipinski definition) is 2. The number of aliphatic carboxylic acids is 1. The van der Waals surface area contributed by atoms with E-state index in [1.54, 1.807) is 6.92 Å². The van der Waals surface area contributed by atoms with E-state index in [2.05, 4.69) is 28.2 Å². The summed E-state index contributed by atoms with van der Waals surface area (Å²) in [5.41, 5.74) is 2.27. The Balaban J connectivity index is 0.000000182. The Bertz CT molecular complexity index is 668. The SMILES string of the molecule is CCC(C)C(=O)O.c1ccc2c(c1)[nH]c1cnccc12. The second-order valence-electron chi connectivity index (χ2n) is 4.74. The van der Waals surface area contributed by atoms with Crippen molar-refractivity contribution in [3.63, 3.8) is 0 Å². The van der Waals surface area contributed by atoms with Crippen LogP contribution in [0, 0.1) is 5.92 Å². The van der Waals surface area contributed by atoms with E-state index in [4.69, 9.17) is 5.11 Å². The molecule has 0 fully saturated rings. The van der Waals surface area contributed by atoms with Gasteiger partial charge in [-0.05, 0) is 18.6 Å². The van der Waals surface area contributed by atoms with Gasteiger partial charge in [-0.2, -0.15) is 0 Å². The van der Waals surface area contributed by atoms with E-state index in [1.807, 2.05) is 31.5 Å². The number of rotatable bonds is 2. The molecule has 4 heteroatoms. The smallest absolute Gasteiger partial charge is 0.306 e. The van der Waals surface area contributed by atoms with Crippen molar-refractivity contribution in [1.82, 2.24) is 9.97 Å². The predicted octanol–water partition coefficient (Wildman–Crippen LogP) is 3.83. The molecule has 0 bridgehead atoms. The highest BCUT2D eigenvalue weighted by atomic mass is 16.4. The third kappa shape index (κ3) is 2.96. The van der Waals surface area contributed by atoms with E-state index in [1.165, 1.54) is 16.3 Å². The van der Waals surface area contributed by atoms with Gasteiger partial charge in [0.2, 0.25) is 0 Å². The van der Waals surface area contributed by atoms with Gasteiger partial charge in [0.25, 0.3) is 0 Å². The molecule has 0 aliphatic heterocycles. The van der Waals surface area contributed by atoms with E-state index in [9.17, 15) is 4.79 Å². The van der Waals surface area contributed by atoms with Crippen LogP contribution in [0.3, 0.4) is 0 Å². The first-order valence-corrected chi connectivity index (χ1v) is 6.66. The molecule has 0 saturated carbocycles. The molecule has 1 unspecified atom stereocenters. The highest BCUT2D eigenvalue weighted by Crippen LogP contribution is 2.23. The maximum absolute atomic E-state index is 9.93. The topological polar surface area (TPSA) is 66.0 Å². The van der Waals surface area contributed by atoms with Crippen molar-refractivity contribution in [3.8, 4) is 0 Å². The van der Waals surface area contributed by atoms with Crippen LogP contribution in [-0.2, 0) is 4.79 Å². The van der Waals surface area contributed by atoms with Crippen LogP contribution < -0.4 is 0 Å². The van der Waals surface area contributed by atoms with Gasteiger partial charge in [0.1, 0.15) is 0 Å². The van der Waals surface area contributed by atoms with Crippen molar-refractivity contribution in [3.05, 3.63) is 42.7 Å². The molecule has 0 saturated heterocycles. The molecule has 2 heterocycles. The first-order valence-electron chi connectivity index (χ1n) is 6.66. The van der Waals surface area contributed by atoms with Crippen molar-refractivity contribution < 1.29 is 9.90 Å². The van der Waals surface area contributed by atoms with Crippen LogP contribution in [0.25, 0.3) is 21.8 Å². The van der Waals surface area contributed by atoms with Crippen LogP contribution >= 0.6 is 0 Å². The fourth-order valence-electron chi connectivity index (χ4n) is 1.88. The normalized spacial score (nSPS) is 11.9. The number of fused-ring (bicyclic) bond motifs is 3. The molecule has 0 amide bonds. The zero-order chi connectivity index (χ0) is 14.5. The Hall–Kier alpha value is -2.36. The fourth-order valence-corrected chi connectivity index (χ4v) is 1.88. The first-order chi connectivity index (χ1) is 9.63. The summed E-state index contributed by atoms with van der Waals surface area (Å²) < 4.78 is 0. The van der Waals surface area contributed by atoms with Crippen LogP contribution in [0.2, 0.25) is 0 Å². The lowest BCUT2D eigenvalue weighted by atomic mass is 10.1. The van der Waals surface area contributed by atoms with Gasteiger partial charge >= 0.3 is 5.97 Å². The van der Waals surface area contributed by atoms with E-state index >= 15 is 0 Å². The number of aromatic amines is 1. The lowest BCUT2D eigenvalue weighted by Gasteiger charge is -1.96. The summed E-state index contributed by atoms with van der Waals surface area (Å²) in [5.74, 6) is -0.887. The molecule has 3 rings (SSSR count). The van der Waals surface area contributed by atoms with Crippen molar-refractivity contribution >= 4 is 27.8 Å². The zero-order valence-corrected chi connectivity index (χ0v) is 11.6. The number of aromatic nitrogens is 2. The van der Waals surface area contributed by atoms with E-state index in [-0.39, 0.29) is 5.92 Å². The van der Waals surface area contributed by atoms with Crippen molar-refractivity contribution in [2.45, 2.75) is 20.3 Å². The summed E-state index contributed by atoms with van der Waals surface area (Å²) in [5, 5.41) is 10.7. The number of H-pyrrole nitrogens is 1. The van der Waals surface area contributed by atoms with Gasteiger partial charge in [-0.3, -0.25) is 9.78 Å². The second kappa shape index (κ2) is 6.19. The van der Waals surface area contributed by atoms with Crippen LogP contribution in [0.15, 0.2) is 42.7 Å². The van der Waals surface area contributed by atoms with Crippen LogP contribution in [0.5, 0.6) is 0 Å². The Morgan fingerprint density at radius 1 is 1.25 bits per heavy atom. The average molecular weight is 270 g/mol. The van der Waals surface area contributed by atoms with Crippen molar-refractivity contribution in [2.24, 2.45) is 5.92 Å². The number of nitrogens with one attached hydrogen (secondary N) is 1. The maximum atomic E-state index is 9.93. The Kier molecular flexibility index (Phi) is 4.35. The number of para-hydroxylation sites is 1. The minimum Gasteiger partial charge on any atom is -0.481 e. The highest BCUT2D eigenvalue weighted by molar-refractivity contribution is 6.06. The van der Waals surface area contributed by atoms with Gasteiger partial charge in [-0.15, -0.1) is 0 Å². The third-order valence-corrected chi connectivity index (χ3v) is 3.34. The summed E-state index contributed by atoms with van der Waals surface area (Å²) in [7, 11) is 0. The number of pyridine rings is 1.